The van der Waals surface area contributed by atoms with E-state index in [9.17, 15) is 9.59 Å². The second kappa shape index (κ2) is 6.56. The topological polar surface area (TPSA) is 87.5 Å². The van der Waals surface area contributed by atoms with E-state index < -0.39 is 6.03 Å². The number of likely N-dealkylation sites (N-methyl/N-ethyl adjacent to an activating group) is 1. The van der Waals surface area contributed by atoms with E-state index in [1.807, 2.05) is 11.9 Å². The zero-order chi connectivity index (χ0) is 12.8. The second-order valence-corrected chi connectivity index (χ2v) is 4.53. The quantitative estimate of drug-likeness (QED) is 0.631. The van der Waals surface area contributed by atoms with E-state index in [0.717, 1.165) is 32.4 Å². The Hall–Kier alpha value is -1.14. The molecule has 1 rings (SSSR count). The summed E-state index contributed by atoms with van der Waals surface area (Å²) in [5, 5.41) is 5.45. The molecule has 3 amide bonds. The summed E-state index contributed by atoms with van der Waals surface area (Å²) in [7, 11) is 1.92. The minimum absolute atomic E-state index is 0.336. The standard InChI is InChI=1S/C11H22N4O2/c1-8(10(16)14-11(12)17)15(2)9-4-3-6-13-7-5-9/h8-9,13H,3-7H2,1-2H3,(H3,12,14,16,17). The van der Waals surface area contributed by atoms with Crippen LogP contribution in [0.2, 0.25) is 0 Å². The molecule has 17 heavy (non-hydrogen) atoms. The molecule has 6 nitrogen and oxygen atoms in total. The fourth-order valence-corrected chi connectivity index (χ4v) is 2.14. The molecule has 1 fully saturated rings. The minimum Gasteiger partial charge on any atom is -0.351 e. The lowest BCUT2D eigenvalue weighted by molar-refractivity contribution is -0.125. The molecule has 0 bridgehead atoms. The van der Waals surface area contributed by atoms with Gasteiger partial charge in [-0.3, -0.25) is 15.0 Å². The molecule has 6 heteroatoms. The molecule has 98 valence electrons. The molecule has 2 atom stereocenters. The Morgan fingerprint density at radius 3 is 2.76 bits per heavy atom. The van der Waals surface area contributed by atoms with Crippen molar-refractivity contribution in [3.05, 3.63) is 0 Å². The van der Waals surface area contributed by atoms with Gasteiger partial charge in [-0.25, -0.2) is 4.79 Å². The summed E-state index contributed by atoms with van der Waals surface area (Å²) in [4.78, 5) is 24.3. The van der Waals surface area contributed by atoms with E-state index in [0.29, 0.717) is 6.04 Å². The van der Waals surface area contributed by atoms with Crippen LogP contribution < -0.4 is 16.4 Å². The number of rotatable bonds is 3. The Bertz CT molecular complexity index is 275. The zero-order valence-corrected chi connectivity index (χ0v) is 10.5. The predicted molar refractivity (Wildman–Crippen MR) is 65.5 cm³/mol. The van der Waals surface area contributed by atoms with Crippen LogP contribution >= 0.6 is 0 Å². The van der Waals surface area contributed by atoms with E-state index in [1.54, 1.807) is 6.92 Å². The minimum atomic E-state index is -0.794. The third kappa shape index (κ3) is 4.32. The van der Waals surface area contributed by atoms with Gasteiger partial charge in [0.15, 0.2) is 0 Å². The van der Waals surface area contributed by atoms with Crippen molar-refractivity contribution in [3.63, 3.8) is 0 Å². The van der Waals surface area contributed by atoms with Gasteiger partial charge < -0.3 is 11.1 Å². The molecule has 0 aromatic carbocycles. The Morgan fingerprint density at radius 1 is 1.41 bits per heavy atom. The van der Waals surface area contributed by atoms with Gasteiger partial charge in [-0.05, 0) is 46.3 Å². The van der Waals surface area contributed by atoms with Crippen LogP contribution in [-0.4, -0.2) is 49.1 Å². The number of hydrogen-bond donors (Lipinski definition) is 3. The van der Waals surface area contributed by atoms with Crippen molar-refractivity contribution < 1.29 is 9.59 Å². The van der Waals surface area contributed by atoms with Gasteiger partial charge in [-0.2, -0.15) is 0 Å². The molecule has 1 aliphatic heterocycles. The van der Waals surface area contributed by atoms with Gasteiger partial charge in [-0.15, -0.1) is 0 Å². The molecule has 0 radical (unpaired) electrons. The molecule has 1 heterocycles. The Labute approximate surface area is 102 Å². The Kier molecular flexibility index (Phi) is 5.37. The number of primary amides is 1. The molecule has 0 saturated carbocycles. The molecule has 1 saturated heterocycles. The highest BCUT2D eigenvalue weighted by Gasteiger charge is 2.25. The Balaban J connectivity index is 2.51. The molecule has 0 spiro atoms. The molecule has 2 unspecified atom stereocenters. The number of nitrogens with zero attached hydrogens (tertiary/aromatic N) is 1. The van der Waals surface area contributed by atoms with E-state index in [-0.39, 0.29) is 11.9 Å². The number of hydrogen-bond acceptors (Lipinski definition) is 4. The number of carbonyl (C=O) groups excluding carboxylic acids is 2. The first-order valence-corrected chi connectivity index (χ1v) is 6.05. The van der Waals surface area contributed by atoms with Crippen LogP contribution in [0.5, 0.6) is 0 Å². The predicted octanol–water partition coefficient (Wildman–Crippen LogP) is -0.356. The number of amides is 3. The molecular formula is C11H22N4O2. The summed E-state index contributed by atoms with van der Waals surface area (Å²) >= 11 is 0. The van der Waals surface area contributed by atoms with Crippen LogP contribution in [-0.2, 0) is 4.79 Å². The van der Waals surface area contributed by atoms with Gasteiger partial charge in [0.2, 0.25) is 5.91 Å². The van der Waals surface area contributed by atoms with Crippen molar-refractivity contribution in [1.82, 2.24) is 15.5 Å². The number of nitrogens with one attached hydrogen (secondary N) is 2. The van der Waals surface area contributed by atoms with Crippen LogP contribution in [0, 0.1) is 0 Å². The average molecular weight is 242 g/mol. The summed E-state index contributed by atoms with van der Waals surface area (Å²) in [5.74, 6) is -0.336. The van der Waals surface area contributed by atoms with Crippen LogP contribution in [0.15, 0.2) is 0 Å². The third-order valence-corrected chi connectivity index (χ3v) is 3.36. The lowest BCUT2D eigenvalue weighted by Gasteiger charge is -2.31. The molecular weight excluding hydrogens is 220 g/mol. The van der Waals surface area contributed by atoms with Gasteiger partial charge in [0, 0.05) is 6.04 Å². The van der Waals surface area contributed by atoms with Gasteiger partial charge in [0.25, 0.3) is 0 Å². The summed E-state index contributed by atoms with van der Waals surface area (Å²) < 4.78 is 0. The van der Waals surface area contributed by atoms with Crippen LogP contribution in [0.4, 0.5) is 4.79 Å². The largest absolute Gasteiger partial charge is 0.351 e. The van der Waals surface area contributed by atoms with Gasteiger partial charge in [-0.1, -0.05) is 0 Å². The molecule has 0 aliphatic carbocycles. The Morgan fingerprint density at radius 2 is 2.12 bits per heavy atom. The van der Waals surface area contributed by atoms with Crippen LogP contribution in [0.1, 0.15) is 26.2 Å². The molecule has 0 aromatic rings. The first kappa shape index (κ1) is 13.9. The maximum Gasteiger partial charge on any atom is 0.318 e. The van der Waals surface area contributed by atoms with Gasteiger partial charge in [0.1, 0.15) is 0 Å². The highest BCUT2D eigenvalue weighted by Crippen LogP contribution is 2.14. The first-order valence-electron chi connectivity index (χ1n) is 6.05. The maximum atomic E-state index is 11.7. The summed E-state index contributed by atoms with van der Waals surface area (Å²) in [5.41, 5.74) is 4.94. The lowest BCUT2D eigenvalue weighted by Crippen LogP contribution is -2.50. The molecule has 4 N–H and O–H groups in total. The number of imide groups is 1. The van der Waals surface area contributed by atoms with E-state index >= 15 is 0 Å². The van der Waals surface area contributed by atoms with Gasteiger partial charge in [0.05, 0.1) is 6.04 Å². The average Bonchev–Trinajstić information content (AvgIpc) is 2.54. The van der Waals surface area contributed by atoms with Crippen LogP contribution in [0.25, 0.3) is 0 Å². The van der Waals surface area contributed by atoms with E-state index in [2.05, 4.69) is 10.6 Å². The SMILES string of the molecule is CC(C(=O)NC(N)=O)N(C)C1CCCNCC1. The lowest BCUT2D eigenvalue weighted by atomic mass is 10.1. The molecule has 1 aliphatic rings. The van der Waals surface area contributed by atoms with Crippen molar-refractivity contribution in [2.75, 3.05) is 20.1 Å². The van der Waals surface area contributed by atoms with Crippen LogP contribution in [0.3, 0.4) is 0 Å². The highest BCUT2D eigenvalue weighted by atomic mass is 16.2. The van der Waals surface area contributed by atoms with Crippen molar-refractivity contribution in [1.29, 1.82) is 0 Å². The van der Waals surface area contributed by atoms with Crippen molar-refractivity contribution in [2.45, 2.75) is 38.3 Å². The fourth-order valence-electron chi connectivity index (χ4n) is 2.14. The van der Waals surface area contributed by atoms with E-state index in [4.69, 9.17) is 5.73 Å². The smallest absolute Gasteiger partial charge is 0.318 e. The number of carbonyl (C=O) groups is 2. The highest BCUT2D eigenvalue weighted by molar-refractivity contribution is 5.96. The van der Waals surface area contributed by atoms with Crippen molar-refractivity contribution in [2.24, 2.45) is 5.73 Å². The monoisotopic (exact) mass is 242 g/mol. The zero-order valence-electron chi connectivity index (χ0n) is 10.5. The normalized spacial score (nSPS) is 22.9. The molecule has 0 aromatic heterocycles. The third-order valence-electron chi connectivity index (χ3n) is 3.36. The van der Waals surface area contributed by atoms with Crippen molar-refractivity contribution >= 4 is 11.9 Å². The second-order valence-electron chi connectivity index (χ2n) is 4.53. The number of nitrogens with two attached hydrogens (primary N) is 1. The van der Waals surface area contributed by atoms with Gasteiger partial charge >= 0.3 is 6.03 Å². The number of urea groups is 1. The summed E-state index contributed by atoms with van der Waals surface area (Å²) in [6.07, 6.45) is 3.20. The van der Waals surface area contributed by atoms with Crippen molar-refractivity contribution in [3.8, 4) is 0 Å². The maximum absolute atomic E-state index is 11.7. The summed E-state index contributed by atoms with van der Waals surface area (Å²) in [6, 6.07) is -0.762. The first-order chi connectivity index (χ1) is 8.02. The fraction of sp³-hybridized carbons (Fsp3) is 0.818. The van der Waals surface area contributed by atoms with E-state index in [1.165, 1.54) is 0 Å². The summed E-state index contributed by atoms with van der Waals surface area (Å²) in [6.45, 7) is 3.79.